The summed E-state index contributed by atoms with van der Waals surface area (Å²) >= 11 is 0. The number of carbonyl (C=O) groups excluding carboxylic acids is 1. The third-order valence-electron chi connectivity index (χ3n) is 8.48. The molecule has 0 saturated carbocycles. The van der Waals surface area contributed by atoms with Gasteiger partial charge in [-0.15, -0.1) is 0 Å². The van der Waals surface area contributed by atoms with Gasteiger partial charge in [-0.05, 0) is 17.5 Å². The van der Waals surface area contributed by atoms with Crippen LogP contribution in [-0.4, -0.2) is 43.2 Å². The molecule has 42 heavy (non-hydrogen) atoms. The number of hydrogen-bond donors (Lipinski definition) is 1. The highest BCUT2D eigenvalue weighted by Gasteiger charge is 2.52. The Balaban J connectivity index is 1.20. The van der Waals surface area contributed by atoms with Crippen LogP contribution in [0.3, 0.4) is 0 Å². The van der Waals surface area contributed by atoms with Crippen molar-refractivity contribution < 1.29 is 23.7 Å². The van der Waals surface area contributed by atoms with Gasteiger partial charge < -0.3 is 24.3 Å². The van der Waals surface area contributed by atoms with Gasteiger partial charge in [-0.25, -0.2) is 0 Å². The third-order valence-corrected chi connectivity index (χ3v) is 8.48. The number of ether oxygens (including phenoxy) is 4. The first kappa shape index (κ1) is 32.7. The van der Waals surface area contributed by atoms with Crippen LogP contribution < -0.4 is 5.32 Å². The Hall–Kier alpha value is -2.25. The normalized spacial score (nSPS) is 23.2. The average Bonchev–Trinajstić information content (AvgIpc) is 3.46. The maximum atomic E-state index is 13.1. The van der Waals surface area contributed by atoms with Gasteiger partial charge in [0, 0.05) is 6.42 Å². The van der Waals surface area contributed by atoms with Crippen molar-refractivity contribution in [1.82, 2.24) is 5.32 Å². The molecule has 5 atom stereocenters. The van der Waals surface area contributed by atoms with E-state index in [1.54, 1.807) is 0 Å². The van der Waals surface area contributed by atoms with Crippen LogP contribution in [0.25, 0.3) is 0 Å². The SMILES string of the molecule is CCCCCCCCCCCCCCCC(=O)N[C@H]1[C@H]2OC[C@@H](O2)[C@H](OCc2ccccc2)[C@@H]1OCc1ccccc1. The standard InChI is InChI=1S/C36H53NO5/c1-2-3-4-5-6-7-8-9-10-11-12-13-20-25-32(38)37-33-35(40-27-30-23-18-15-19-24-30)34(31-28-41-36(33)42-31)39-26-29-21-16-14-17-22-29/h14-19,21-24,31,33-36H,2-13,20,25-28H2,1H3,(H,37,38)/t31-,33-,34+,35-,36+/m1/s1. The summed E-state index contributed by atoms with van der Waals surface area (Å²) in [6.45, 7) is 3.58. The Morgan fingerprint density at radius 2 is 1.21 bits per heavy atom. The molecule has 0 aliphatic carbocycles. The quantitative estimate of drug-likeness (QED) is 0.152. The maximum Gasteiger partial charge on any atom is 0.220 e. The summed E-state index contributed by atoms with van der Waals surface area (Å²) in [6, 6.07) is 19.8. The van der Waals surface area contributed by atoms with Gasteiger partial charge in [0.1, 0.15) is 24.4 Å². The zero-order valence-electron chi connectivity index (χ0n) is 25.7. The number of hydrogen-bond acceptors (Lipinski definition) is 5. The van der Waals surface area contributed by atoms with Crippen LogP contribution >= 0.6 is 0 Å². The van der Waals surface area contributed by atoms with Crippen molar-refractivity contribution in [1.29, 1.82) is 0 Å². The molecular weight excluding hydrogens is 526 g/mol. The highest BCUT2D eigenvalue weighted by molar-refractivity contribution is 5.76. The minimum Gasteiger partial charge on any atom is -0.368 e. The Morgan fingerprint density at radius 1 is 0.714 bits per heavy atom. The van der Waals surface area contributed by atoms with E-state index in [2.05, 4.69) is 12.2 Å². The van der Waals surface area contributed by atoms with E-state index in [4.69, 9.17) is 18.9 Å². The van der Waals surface area contributed by atoms with Gasteiger partial charge in [-0.3, -0.25) is 4.79 Å². The minimum absolute atomic E-state index is 0.0238. The zero-order chi connectivity index (χ0) is 29.2. The van der Waals surface area contributed by atoms with E-state index in [0.717, 1.165) is 24.0 Å². The van der Waals surface area contributed by atoms with Crippen LogP contribution in [0.1, 0.15) is 108 Å². The molecule has 4 rings (SSSR count). The lowest BCUT2D eigenvalue weighted by Gasteiger charge is -2.41. The van der Waals surface area contributed by atoms with Gasteiger partial charge in [-0.1, -0.05) is 145 Å². The van der Waals surface area contributed by atoms with E-state index < -0.39 is 12.3 Å². The molecular formula is C36H53NO5. The lowest BCUT2D eigenvalue weighted by atomic mass is 9.97. The lowest BCUT2D eigenvalue weighted by molar-refractivity contribution is -0.218. The van der Waals surface area contributed by atoms with E-state index in [0.29, 0.717) is 26.2 Å². The molecule has 2 heterocycles. The predicted molar refractivity (Wildman–Crippen MR) is 167 cm³/mol. The van der Waals surface area contributed by atoms with E-state index in [9.17, 15) is 4.79 Å². The number of unbranched alkanes of at least 4 members (excludes halogenated alkanes) is 12. The maximum absolute atomic E-state index is 13.1. The summed E-state index contributed by atoms with van der Waals surface area (Å²) in [4.78, 5) is 13.1. The van der Waals surface area contributed by atoms with Crippen molar-refractivity contribution in [2.24, 2.45) is 0 Å². The van der Waals surface area contributed by atoms with Gasteiger partial charge in [0.05, 0.1) is 19.8 Å². The van der Waals surface area contributed by atoms with Gasteiger partial charge in [-0.2, -0.15) is 0 Å². The molecule has 2 saturated heterocycles. The predicted octanol–water partition coefficient (Wildman–Crippen LogP) is 7.88. The van der Waals surface area contributed by atoms with Gasteiger partial charge in [0.25, 0.3) is 0 Å². The fraction of sp³-hybridized carbons (Fsp3) is 0.639. The zero-order valence-corrected chi connectivity index (χ0v) is 25.7. The van der Waals surface area contributed by atoms with Crippen molar-refractivity contribution in [3.63, 3.8) is 0 Å². The first-order chi connectivity index (χ1) is 20.7. The number of rotatable bonds is 21. The average molecular weight is 580 g/mol. The minimum atomic E-state index is -0.525. The fourth-order valence-electron chi connectivity index (χ4n) is 6.02. The summed E-state index contributed by atoms with van der Waals surface area (Å²) in [6.07, 6.45) is 15.8. The lowest BCUT2D eigenvalue weighted by Crippen LogP contribution is -2.62. The molecule has 2 bridgehead atoms. The second-order valence-electron chi connectivity index (χ2n) is 12.0. The molecule has 2 fully saturated rings. The van der Waals surface area contributed by atoms with Crippen molar-refractivity contribution in [3.05, 3.63) is 71.8 Å². The Bertz CT molecular complexity index is 987. The summed E-state index contributed by atoms with van der Waals surface area (Å²) in [5, 5.41) is 3.21. The van der Waals surface area contributed by atoms with Crippen LogP contribution in [-0.2, 0) is 37.0 Å². The number of benzene rings is 2. The van der Waals surface area contributed by atoms with Crippen LogP contribution in [0.2, 0.25) is 0 Å². The molecule has 0 spiro atoms. The van der Waals surface area contributed by atoms with Crippen LogP contribution in [0, 0.1) is 0 Å². The largest absolute Gasteiger partial charge is 0.368 e. The molecule has 232 valence electrons. The molecule has 2 aliphatic heterocycles. The van der Waals surface area contributed by atoms with E-state index in [1.807, 2.05) is 60.7 Å². The second kappa shape index (κ2) is 19.1. The Labute approximate surface area is 253 Å². The van der Waals surface area contributed by atoms with Crippen LogP contribution in [0.15, 0.2) is 60.7 Å². The molecule has 2 aromatic carbocycles. The van der Waals surface area contributed by atoms with E-state index in [1.165, 1.54) is 70.6 Å². The molecule has 2 aromatic rings. The molecule has 6 nitrogen and oxygen atoms in total. The summed E-state index contributed by atoms with van der Waals surface area (Å²) in [7, 11) is 0. The second-order valence-corrected chi connectivity index (χ2v) is 12.0. The van der Waals surface area contributed by atoms with Gasteiger partial charge in [0.15, 0.2) is 6.29 Å². The van der Waals surface area contributed by atoms with Crippen molar-refractivity contribution in [2.45, 2.75) is 141 Å². The number of nitrogens with one attached hydrogen (secondary N) is 1. The van der Waals surface area contributed by atoms with E-state index in [-0.39, 0.29) is 24.2 Å². The van der Waals surface area contributed by atoms with Crippen LogP contribution in [0.5, 0.6) is 0 Å². The van der Waals surface area contributed by atoms with Crippen molar-refractivity contribution in [2.75, 3.05) is 6.61 Å². The van der Waals surface area contributed by atoms with Gasteiger partial charge >= 0.3 is 0 Å². The highest BCUT2D eigenvalue weighted by atomic mass is 16.7. The highest BCUT2D eigenvalue weighted by Crippen LogP contribution is 2.33. The molecule has 0 unspecified atom stereocenters. The molecule has 6 heteroatoms. The first-order valence-corrected chi connectivity index (χ1v) is 16.6. The monoisotopic (exact) mass is 579 g/mol. The number of carbonyl (C=O) groups is 1. The molecule has 2 aliphatic rings. The third kappa shape index (κ3) is 11.1. The van der Waals surface area contributed by atoms with Gasteiger partial charge in [0.2, 0.25) is 5.91 Å². The van der Waals surface area contributed by atoms with Crippen molar-refractivity contribution >= 4 is 5.91 Å². The van der Waals surface area contributed by atoms with E-state index >= 15 is 0 Å². The summed E-state index contributed by atoms with van der Waals surface area (Å²) < 4.78 is 25.1. The molecule has 1 N–H and O–H groups in total. The number of fused-ring (bicyclic) bond motifs is 2. The van der Waals surface area contributed by atoms with Crippen LogP contribution in [0.4, 0.5) is 0 Å². The molecule has 0 aromatic heterocycles. The number of amides is 1. The Morgan fingerprint density at radius 3 is 1.76 bits per heavy atom. The topological polar surface area (TPSA) is 66.0 Å². The smallest absolute Gasteiger partial charge is 0.220 e. The molecule has 0 radical (unpaired) electrons. The fourth-order valence-corrected chi connectivity index (χ4v) is 6.02. The first-order valence-electron chi connectivity index (χ1n) is 16.6. The van der Waals surface area contributed by atoms with Crippen molar-refractivity contribution in [3.8, 4) is 0 Å². The molecule has 1 amide bonds. The Kier molecular flexibility index (Phi) is 14.9. The summed E-state index contributed by atoms with van der Waals surface area (Å²) in [5.41, 5.74) is 2.17. The summed E-state index contributed by atoms with van der Waals surface area (Å²) in [5.74, 6) is 0.0238.